The highest BCUT2D eigenvalue weighted by Crippen LogP contribution is 2.31. The average molecular weight is 404 g/mol. The van der Waals surface area contributed by atoms with Gasteiger partial charge in [-0.05, 0) is 57.4 Å². The summed E-state index contributed by atoms with van der Waals surface area (Å²) < 4.78 is 33.1. The molecular formula is C21H26F2N4O2. The fraction of sp³-hybridized carbons (Fsp3) is 0.524. The minimum atomic E-state index is -0.582. The van der Waals surface area contributed by atoms with Crippen molar-refractivity contribution >= 4 is 5.91 Å². The van der Waals surface area contributed by atoms with E-state index in [9.17, 15) is 13.6 Å². The second kappa shape index (κ2) is 9.71. The Bertz CT molecular complexity index is 824. The standard InChI is InChI=1S/C21H26F2N4O2/c1-13(27-14(2)28)3-4-15-5-7-18(8-6-15)29-21-19(23)9-16(10-26-21)20-24-11-17(22)12-25-20/h9-13,15,18H,3-8H2,1-2H3,(H,27,28)/t13-,15-,18-/m0/s1. The van der Waals surface area contributed by atoms with Crippen LogP contribution in [0, 0.1) is 17.6 Å². The van der Waals surface area contributed by atoms with E-state index >= 15 is 0 Å². The van der Waals surface area contributed by atoms with E-state index in [0.29, 0.717) is 11.5 Å². The topological polar surface area (TPSA) is 77.0 Å². The molecule has 0 aromatic carbocycles. The van der Waals surface area contributed by atoms with E-state index in [2.05, 4.69) is 20.3 Å². The lowest BCUT2D eigenvalue weighted by Gasteiger charge is -2.29. The lowest BCUT2D eigenvalue weighted by Crippen LogP contribution is -2.31. The van der Waals surface area contributed by atoms with Crippen molar-refractivity contribution in [3.8, 4) is 17.3 Å². The maximum atomic E-state index is 14.4. The van der Waals surface area contributed by atoms with Crippen molar-refractivity contribution in [1.82, 2.24) is 20.3 Å². The monoisotopic (exact) mass is 404 g/mol. The normalized spacial score (nSPS) is 20.1. The van der Waals surface area contributed by atoms with Gasteiger partial charge in [0.25, 0.3) is 5.88 Å². The van der Waals surface area contributed by atoms with Crippen LogP contribution in [0.4, 0.5) is 8.78 Å². The number of halogens is 2. The number of carbonyl (C=O) groups excluding carboxylic acids is 1. The van der Waals surface area contributed by atoms with Gasteiger partial charge in [0.15, 0.2) is 17.5 Å². The van der Waals surface area contributed by atoms with Crippen molar-refractivity contribution in [3.05, 3.63) is 36.3 Å². The van der Waals surface area contributed by atoms with Crippen molar-refractivity contribution in [3.63, 3.8) is 0 Å². The Balaban J connectivity index is 1.49. The quantitative estimate of drug-likeness (QED) is 0.753. The number of hydrogen-bond acceptors (Lipinski definition) is 5. The van der Waals surface area contributed by atoms with Gasteiger partial charge in [0.05, 0.1) is 12.4 Å². The Kier molecular flexibility index (Phi) is 7.06. The van der Waals surface area contributed by atoms with Crippen LogP contribution < -0.4 is 10.1 Å². The number of amides is 1. The SMILES string of the molecule is CC(=O)N[C@@H](C)CC[C@H]1CC[C@H](Oc2ncc(-c3ncc(F)cn3)cc2F)CC1. The summed E-state index contributed by atoms with van der Waals surface area (Å²) in [7, 11) is 0. The first kappa shape index (κ1) is 21.1. The summed E-state index contributed by atoms with van der Waals surface area (Å²) in [5.74, 6) is -0.357. The van der Waals surface area contributed by atoms with Gasteiger partial charge in [0.2, 0.25) is 5.91 Å². The highest BCUT2D eigenvalue weighted by Gasteiger charge is 2.24. The molecular weight excluding hydrogens is 378 g/mol. The molecule has 0 radical (unpaired) electrons. The molecule has 3 rings (SSSR count). The smallest absolute Gasteiger partial charge is 0.250 e. The van der Waals surface area contributed by atoms with E-state index < -0.39 is 11.6 Å². The van der Waals surface area contributed by atoms with Crippen LogP contribution in [-0.2, 0) is 4.79 Å². The van der Waals surface area contributed by atoms with Gasteiger partial charge in [-0.25, -0.2) is 23.7 Å². The summed E-state index contributed by atoms with van der Waals surface area (Å²) >= 11 is 0. The summed E-state index contributed by atoms with van der Waals surface area (Å²) in [6.45, 7) is 3.55. The van der Waals surface area contributed by atoms with Crippen molar-refractivity contribution in [2.24, 2.45) is 5.92 Å². The molecule has 2 aromatic rings. The molecule has 8 heteroatoms. The third kappa shape index (κ3) is 6.17. The second-order valence-corrected chi connectivity index (χ2v) is 7.68. The van der Waals surface area contributed by atoms with Gasteiger partial charge in [-0.1, -0.05) is 0 Å². The van der Waals surface area contributed by atoms with Crippen LogP contribution in [0.25, 0.3) is 11.4 Å². The number of ether oxygens (including phenoxy) is 1. The van der Waals surface area contributed by atoms with E-state index in [4.69, 9.17) is 4.74 Å². The Morgan fingerprint density at radius 2 is 1.86 bits per heavy atom. The summed E-state index contributed by atoms with van der Waals surface area (Å²) in [5.41, 5.74) is 0.367. The lowest BCUT2D eigenvalue weighted by atomic mass is 9.84. The van der Waals surface area contributed by atoms with Gasteiger partial charge in [0, 0.05) is 24.7 Å². The van der Waals surface area contributed by atoms with Crippen molar-refractivity contribution in [1.29, 1.82) is 0 Å². The highest BCUT2D eigenvalue weighted by molar-refractivity contribution is 5.73. The minimum absolute atomic E-state index is 0.00106. The van der Waals surface area contributed by atoms with E-state index in [1.165, 1.54) is 19.2 Å². The summed E-state index contributed by atoms with van der Waals surface area (Å²) in [6.07, 6.45) is 9.18. The molecule has 0 unspecified atom stereocenters. The van der Waals surface area contributed by atoms with E-state index in [1.54, 1.807) is 0 Å². The first-order valence-corrected chi connectivity index (χ1v) is 9.98. The molecule has 29 heavy (non-hydrogen) atoms. The molecule has 6 nitrogen and oxygen atoms in total. The third-order valence-electron chi connectivity index (χ3n) is 5.22. The van der Waals surface area contributed by atoms with Crippen LogP contribution in [0.1, 0.15) is 52.4 Å². The predicted molar refractivity (Wildman–Crippen MR) is 104 cm³/mol. The first-order valence-electron chi connectivity index (χ1n) is 9.98. The predicted octanol–water partition coefficient (Wildman–Crippen LogP) is 4.06. The van der Waals surface area contributed by atoms with Crippen LogP contribution in [0.15, 0.2) is 24.7 Å². The molecule has 0 saturated heterocycles. The zero-order valence-electron chi connectivity index (χ0n) is 16.7. The largest absolute Gasteiger partial charge is 0.472 e. The molecule has 1 aliphatic rings. The molecule has 1 fully saturated rings. The average Bonchev–Trinajstić information content (AvgIpc) is 2.69. The Hall–Kier alpha value is -2.64. The third-order valence-corrected chi connectivity index (χ3v) is 5.22. The van der Waals surface area contributed by atoms with Crippen molar-refractivity contribution in [2.75, 3.05) is 0 Å². The van der Waals surface area contributed by atoms with E-state index in [-0.39, 0.29) is 29.8 Å². The van der Waals surface area contributed by atoms with Gasteiger partial charge < -0.3 is 10.1 Å². The zero-order valence-corrected chi connectivity index (χ0v) is 16.7. The van der Waals surface area contributed by atoms with Crippen LogP contribution in [0.3, 0.4) is 0 Å². The molecule has 2 heterocycles. The molecule has 1 saturated carbocycles. The number of nitrogens with one attached hydrogen (secondary N) is 1. The fourth-order valence-electron chi connectivity index (χ4n) is 3.70. The fourth-order valence-corrected chi connectivity index (χ4v) is 3.70. The minimum Gasteiger partial charge on any atom is -0.472 e. The number of carbonyl (C=O) groups is 1. The molecule has 1 atom stereocenters. The summed E-state index contributed by atoms with van der Waals surface area (Å²) in [5, 5.41) is 2.91. The second-order valence-electron chi connectivity index (χ2n) is 7.68. The van der Waals surface area contributed by atoms with Crippen molar-refractivity contribution < 1.29 is 18.3 Å². The molecule has 2 aromatic heterocycles. The zero-order chi connectivity index (χ0) is 20.8. The van der Waals surface area contributed by atoms with Crippen LogP contribution in [-0.4, -0.2) is 33.0 Å². The van der Waals surface area contributed by atoms with E-state index in [0.717, 1.165) is 50.9 Å². The summed E-state index contributed by atoms with van der Waals surface area (Å²) in [4.78, 5) is 22.8. The number of aromatic nitrogens is 3. The molecule has 1 N–H and O–H groups in total. The van der Waals surface area contributed by atoms with Crippen LogP contribution in [0.5, 0.6) is 5.88 Å². The number of rotatable bonds is 7. The summed E-state index contributed by atoms with van der Waals surface area (Å²) in [6, 6.07) is 1.44. The van der Waals surface area contributed by atoms with Gasteiger partial charge >= 0.3 is 0 Å². The molecule has 0 spiro atoms. The molecule has 0 bridgehead atoms. The molecule has 1 aliphatic carbocycles. The Labute approximate surface area is 169 Å². The number of hydrogen-bond donors (Lipinski definition) is 1. The maximum absolute atomic E-state index is 14.4. The van der Waals surface area contributed by atoms with Crippen LogP contribution in [0.2, 0.25) is 0 Å². The van der Waals surface area contributed by atoms with Gasteiger partial charge in [-0.2, -0.15) is 0 Å². The maximum Gasteiger partial charge on any atom is 0.250 e. The Morgan fingerprint density at radius 3 is 2.48 bits per heavy atom. The van der Waals surface area contributed by atoms with Gasteiger partial charge in [0.1, 0.15) is 6.10 Å². The van der Waals surface area contributed by atoms with Crippen molar-refractivity contribution in [2.45, 2.75) is 64.5 Å². The van der Waals surface area contributed by atoms with Gasteiger partial charge in [-0.3, -0.25) is 4.79 Å². The number of pyridine rings is 1. The highest BCUT2D eigenvalue weighted by atomic mass is 19.1. The Morgan fingerprint density at radius 1 is 1.17 bits per heavy atom. The van der Waals surface area contributed by atoms with Crippen LogP contribution >= 0.6 is 0 Å². The number of nitrogens with zero attached hydrogens (tertiary/aromatic N) is 3. The lowest BCUT2D eigenvalue weighted by molar-refractivity contribution is -0.119. The van der Waals surface area contributed by atoms with Gasteiger partial charge in [-0.15, -0.1) is 0 Å². The van der Waals surface area contributed by atoms with E-state index in [1.807, 2.05) is 6.92 Å². The molecule has 156 valence electrons. The molecule has 0 aliphatic heterocycles. The molecule has 1 amide bonds. The first-order chi connectivity index (χ1) is 13.9.